The number of nitrogens with zero attached hydrogens (tertiary/aromatic N) is 3. The Bertz CT molecular complexity index is 746. The number of anilines is 1. The second-order valence-electron chi connectivity index (χ2n) is 4.62. The molecule has 1 N–H and O–H groups in total. The molecule has 2 aromatic heterocycles. The molecule has 0 aliphatic rings. The van der Waals surface area contributed by atoms with E-state index in [-0.39, 0.29) is 12.3 Å². The van der Waals surface area contributed by atoms with E-state index in [0.29, 0.717) is 17.3 Å². The van der Waals surface area contributed by atoms with Crippen LogP contribution in [0.5, 0.6) is 0 Å². The van der Waals surface area contributed by atoms with Crippen LogP contribution in [0.3, 0.4) is 0 Å². The van der Waals surface area contributed by atoms with Crippen molar-refractivity contribution in [3.63, 3.8) is 0 Å². The zero-order valence-corrected chi connectivity index (χ0v) is 11.5. The number of carbonyl (C=O) groups is 1. The van der Waals surface area contributed by atoms with E-state index in [1.54, 1.807) is 29.9 Å². The van der Waals surface area contributed by atoms with Gasteiger partial charge in [0.1, 0.15) is 11.6 Å². The fourth-order valence-corrected chi connectivity index (χ4v) is 2.03. The average Bonchev–Trinajstić information content (AvgIpc) is 3.09. The number of hydrogen-bond acceptors (Lipinski definition) is 4. The molecular formula is C15H14N4O2. The molecule has 6 nitrogen and oxygen atoms in total. The minimum Gasteiger partial charge on any atom is -0.361 e. The smallest absolute Gasteiger partial charge is 0.231 e. The molecule has 0 saturated carbocycles. The first-order valence-electron chi connectivity index (χ1n) is 6.54. The van der Waals surface area contributed by atoms with Crippen molar-refractivity contribution in [2.75, 3.05) is 5.32 Å². The summed E-state index contributed by atoms with van der Waals surface area (Å²) in [5, 5.41) is 10.9. The van der Waals surface area contributed by atoms with Gasteiger partial charge in [-0.15, -0.1) is 0 Å². The summed E-state index contributed by atoms with van der Waals surface area (Å²) < 4.78 is 6.62. The topological polar surface area (TPSA) is 73.0 Å². The first-order chi connectivity index (χ1) is 10.2. The molecule has 106 valence electrons. The highest BCUT2D eigenvalue weighted by atomic mass is 16.5. The van der Waals surface area contributed by atoms with Crippen LogP contribution < -0.4 is 5.32 Å². The van der Waals surface area contributed by atoms with Gasteiger partial charge in [-0.2, -0.15) is 5.10 Å². The lowest BCUT2D eigenvalue weighted by atomic mass is 10.3. The highest BCUT2D eigenvalue weighted by Gasteiger charge is 2.11. The van der Waals surface area contributed by atoms with Crippen molar-refractivity contribution in [1.29, 1.82) is 0 Å². The van der Waals surface area contributed by atoms with Crippen LogP contribution in [0, 0.1) is 6.92 Å². The molecular weight excluding hydrogens is 268 g/mol. The number of carbonyl (C=O) groups excluding carboxylic acids is 1. The van der Waals surface area contributed by atoms with Crippen molar-refractivity contribution in [1.82, 2.24) is 14.9 Å². The maximum absolute atomic E-state index is 12.0. The number of benzene rings is 1. The molecule has 2 heterocycles. The molecule has 0 spiro atoms. The highest BCUT2D eigenvalue weighted by Crippen LogP contribution is 2.14. The molecule has 1 aromatic carbocycles. The Morgan fingerprint density at radius 2 is 2.10 bits per heavy atom. The molecule has 1 amide bonds. The number of rotatable bonds is 4. The van der Waals surface area contributed by atoms with Crippen molar-refractivity contribution < 1.29 is 9.32 Å². The predicted molar refractivity (Wildman–Crippen MR) is 77.1 cm³/mol. The van der Waals surface area contributed by atoms with Crippen molar-refractivity contribution >= 4 is 11.7 Å². The standard InChI is InChI=1S/C15H14N4O2/c1-11-9-12(18-21-11)10-15(20)17-14-7-8-16-19(14)13-5-3-2-4-6-13/h2-9H,10H2,1H3,(H,17,20). The number of nitrogens with one attached hydrogen (secondary N) is 1. The second kappa shape index (κ2) is 5.62. The van der Waals surface area contributed by atoms with Crippen LogP contribution in [0.4, 0.5) is 5.82 Å². The molecule has 3 aromatic rings. The molecule has 0 aliphatic carbocycles. The first kappa shape index (κ1) is 13.1. The van der Waals surface area contributed by atoms with E-state index in [1.165, 1.54) is 0 Å². The summed E-state index contributed by atoms with van der Waals surface area (Å²) >= 11 is 0. The van der Waals surface area contributed by atoms with Gasteiger partial charge in [-0.25, -0.2) is 4.68 Å². The summed E-state index contributed by atoms with van der Waals surface area (Å²) in [7, 11) is 0. The van der Waals surface area contributed by atoms with E-state index in [1.807, 2.05) is 30.3 Å². The minimum atomic E-state index is -0.166. The highest BCUT2D eigenvalue weighted by molar-refractivity contribution is 5.91. The largest absolute Gasteiger partial charge is 0.361 e. The van der Waals surface area contributed by atoms with Crippen molar-refractivity contribution in [2.45, 2.75) is 13.3 Å². The summed E-state index contributed by atoms with van der Waals surface area (Å²) in [5.41, 5.74) is 1.49. The Hall–Kier alpha value is -2.89. The third-order valence-corrected chi connectivity index (χ3v) is 2.93. The molecule has 0 unspecified atom stereocenters. The van der Waals surface area contributed by atoms with E-state index >= 15 is 0 Å². The first-order valence-corrected chi connectivity index (χ1v) is 6.54. The molecule has 21 heavy (non-hydrogen) atoms. The van der Waals surface area contributed by atoms with Gasteiger partial charge < -0.3 is 9.84 Å². The molecule has 3 rings (SSSR count). The van der Waals surface area contributed by atoms with Gasteiger partial charge in [-0.3, -0.25) is 4.79 Å². The van der Waals surface area contributed by atoms with E-state index in [9.17, 15) is 4.79 Å². The second-order valence-corrected chi connectivity index (χ2v) is 4.62. The van der Waals surface area contributed by atoms with E-state index in [4.69, 9.17) is 4.52 Å². The number of amides is 1. The van der Waals surface area contributed by atoms with Crippen LogP contribution in [-0.4, -0.2) is 20.8 Å². The minimum absolute atomic E-state index is 0.164. The summed E-state index contributed by atoms with van der Waals surface area (Å²) in [6.45, 7) is 1.79. The fraction of sp³-hybridized carbons (Fsp3) is 0.133. The Morgan fingerprint density at radius 1 is 1.29 bits per heavy atom. The fourth-order valence-electron chi connectivity index (χ4n) is 2.03. The lowest BCUT2D eigenvalue weighted by molar-refractivity contribution is -0.115. The van der Waals surface area contributed by atoms with Crippen molar-refractivity contribution in [3.05, 3.63) is 60.1 Å². The summed E-state index contributed by atoms with van der Waals surface area (Å²) in [6, 6.07) is 13.1. The van der Waals surface area contributed by atoms with Crippen LogP contribution in [0.15, 0.2) is 53.2 Å². The Kier molecular flexibility index (Phi) is 3.51. The Labute approximate surface area is 121 Å². The van der Waals surface area contributed by atoms with Gasteiger partial charge >= 0.3 is 0 Å². The maximum atomic E-state index is 12.0. The molecule has 0 radical (unpaired) electrons. The van der Waals surface area contributed by atoms with Crippen LogP contribution >= 0.6 is 0 Å². The normalized spacial score (nSPS) is 10.5. The lowest BCUT2D eigenvalue weighted by Crippen LogP contribution is -2.17. The molecule has 6 heteroatoms. The monoisotopic (exact) mass is 282 g/mol. The van der Waals surface area contributed by atoms with Crippen LogP contribution in [0.2, 0.25) is 0 Å². The zero-order valence-electron chi connectivity index (χ0n) is 11.5. The lowest BCUT2D eigenvalue weighted by Gasteiger charge is -2.08. The van der Waals surface area contributed by atoms with Gasteiger partial charge in [0.05, 0.1) is 24.0 Å². The number of aromatic nitrogens is 3. The van der Waals surface area contributed by atoms with E-state index in [2.05, 4.69) is 15.6 Å². The summed E-state index contributed by atoms with van der Waals surface area (Å²) in [6.07, 6.45) is 1.81. The number of aryl methyl sites for hydroxylation is 1. The quantitative estimate of drug-likeness (QED) is 0.797. The van der Waals surface area contributed by atoms with Gasteiger partial charge in [-0.1, -0.05) is 23.4 Å². The molecule has 0 saturated heterocycles. The number of hydrogen-bond donors (Lipinski definition) is 1. The SMILES string of the molecule is Cc1cc(CC(=O)Nc2ccnn2-c2ccccc2)no1. The van der Waals surface area contributed by atoms with Gasteiger partial charge in [0, 0.05) is 12.1 Å². The van der Waals surface area contributed by atoms with E-state index in [0.717, 1.165) is 5.69 Å². The number of para-hydroxylation sites is 1. The third kappa shape index (κ3) is 3.00. The van der Waals surface area contributed by atoms with Gasteiger partial charge in [-0.05, 0) is 19.1 Å². The van der Waals surface area contributed by atoms with E-state index < -0.39 is 0 Å². The zero-order chi connectivity index (χ0) is 14.7. The van der Waals surface area contributed by atoms with Crippen LogP contribution in [0.1, 0.15) is 11.5 Å². The van der Waals surface area contributed by atoms with Crippen LogP contribution in [0.25, 0.3) is 5.69 Å². The molecule has 0 fully saturated rings. The van der Waals surface area contributed by atoms with Crippen molar-refractivity contribution in [3.8, 4) is 5.69 Å². The maximum Gasteiger partial charge on any atom is 0.231 e. The van der Waals surface area contributed by atoms with Crippen molar-refractivity contribution in [2.24, 2.45) is 0 Å². The Balaban J connectivity index is 1.74. The van der Waals surface area contributed by atoms with Crippen LogP contribution in [-0.2, 0) is 11.2 Å². The predicted octanol–water partition coefficient (Wildman–Crippen LogP) is 2.35. The molecule has 0 bridgehead atoms. The molecule has 0 atom stereocenters. The van der Waals surface area contributed by atoms with Gasteiger partial charge in [0.15, 0.2) is 0 Å². The third-order valence-electron chi connectivity index (χ3n) is 2.93. The van der Waals surface area contributed by atoms with Gasteiger partial charge in [0.2, 0.25) is 5.91 Å². The van der Waals surface area contributed by atoms with Gasteiger partial charge in [0.25, 0.3) is 0 Å². The summed E-state index contributed by atoms with van der Waals surface area (Å²) in [4.78, 5) is 12.0. The average molecular weight is 282 g/mol. The summed E-state index contributed by atoms with van der Waals surface area (Å²) in [5.74, 6) is 1.14. The molecule has 0 aliphatic heterocycles. The Morgan fingerprint density at radius 3 is 2.81 bits per heavy atom.